The summed E-state index contributed by atoms with van der Waals surface area (Å²) in [6, 6.07) is 0.290. The van der Waals surface area contributed by atoms with Gasteiger partial charge in [0.1, 0.15) is 5.01 Å². The summed E-state index contributed by atoms with van der Waals surface area (Å²) in [6.07, 6.45) is 2.68. The Morgan fingerprint density at radius 3 is 2.47 bits per heavy atom. The van der Waals surface area contributed by atoms with E-state index in [0.717, 1.165) is 11.4 Å². The molecule has 0 saturated heterocycles. The smallest absolute Gasteiger partial charge is 0.169 e. The van der Waals surface area contributed by atoms with Gasteiger partial charge in [-0.2, -0.15) is 0 Å². The lowest BCUT2D eigenvalue weighted by atomic mass is 10.2. The normalized spacial score (nSPS) is 13.2. The van der Waals surface area contributed by atoms with Gasteiger partial charge in [-0.1, -0.05) is 6.92 Å². The second kappa shape index (κ2) is 8.58. The van der Waals surface area contributed by atoms with Crippen LogP contribution in [0.15, 0.2) is 11.6 Å². The maximum Gasteiger partial charge on any atom is 0.169 e. The lowest BCUT2D eigenvalue weighted by Gasteiger charge is -2.21. The van der Waals surface area contributed by atoms with Crippen LogP contribution < -0.4 is 5.32 Å². The van der Waals surface area contributed by atoms with E-state index in [-0.39, 0.29) is 6.29 Å². The molecule has 17 heavy (non-hydrogen) atoms. The third kappa shape index (κ3) is 5.12. The molecule has 0 fully saturated rings. The Balaban J connectivity index is 2.40. The van der Waals surface area contributed by atoms with E-state index >= 15 is 0 Å². The van der Waals surface area contributed by atoms with Crippen LogP contribution in [-0.4, -0.2) is 31.0 Å². The van der Waals surface area contributed by atoms with Crippen LogP contribution in [0.2, 0.25) is 0 Å². The molecule has 0 aliphatic heterocycles. The van der Waals surface area contributed by atoms with Crippen LogP contribution in [-0.2, 0) is 9.47 Å². The van der Waals surface area contributed by atoms with E-state index in [4.69, 9.17) is 9.47 Å². The maximum atomic E-state index is 5.49. The molecule has 98 valence electrons. The molecule has 1 heterocycles. The third-order valence-electron chi connectivity index (χ3n) is 2.39. The van der Waals surface area contributed by atoms with Gasteiger partial charge in [-0.25, -0.2) is 4.98 Å². The van der Waals surface area contributed by atoms with E-state index in [1.165, 1.54) is 0 Å². The van der Waals surface area contributed by atoms with Crippen molar-refractivity contribution in [2.45, 2.75) is 39.5 Å². The van der Waals surface area contributed by atoms with Crippen LogP contribution in [0.1, 0.15) is 38.2 Å². The van der Waals surface area contributed by atoms with Crippen molar-refractivity contribution in [1.82, 2.24) is 10.3 Å². The number of aromatic nitrogens is 1. The van der Waals surface area contributed by atoms with Crippen LogP contribution >= 0.6 is 11.3 Å². The van der Waals surface area contributed by atoms with Gasteiger partial charge < -0.3 is 14.8 Å². The molecule has 1 aromatic rings. The fourth-order valence-corrected chi connectivity index (χ4v) is 2.39. The second-order valence-corrected chi connectivity index (χ2v) is 4.51. The van der Waals surface area contributed by atoms with Crippen LogP contribution in [0.4, 0.5) is 0 Å². The molecule has 0 spiro atoms. The quantitative estimate of drug-likeness (QED) is 0.691. The SMILES string of the molecule is CCOC(CNC(CC)c1nccs1)OCC. The summed E-state index contributed by atoms with van der Waals surface area (Å²) in [5.41, 5.74) is 0. The first-order valence-electron chi connectivity index (χ1n) is 6.17. The van der Waals surface area contributed by atoms with Crippen molar-refractivity contribution < 1.29 is 9.47 Å². The zero-order valence-electron chi connectivity index (χ0n) is 10.8. The fraction of sp³-hybridized carbons (Fsp3) is 0.750. The minimum Gasteiger partial charge on any atom is -0.352 e. The first-order chi connectivity index (χ1) is 8.31. The monoisotopic (exact) mass is 258 g/mol. The van der Waals surface area contributed by atoms with Gasteiger partial charge in [-0.15, -0.1) is 11.3 Å². The number of nitrogens with zero attached hydrogens (tertiary/aromatic N) is 1. The highest BCUT2D eigenvalue weighted by atomic mass is 32.1. The molecule has 4 nitrogen and oxygen atoms in total. The Bertz CT molecular complexity index is 274. The van der Waals surface area contributed by atoms with E-state index in [9.17, 15) is 0 Å². The number of thiazole rings is 1. The highest BCUT2D eigenvalue weighted by molar-refractivity contribution is 7.09. The van der Waals surface area contributed by atoms with Crippen molar-refractivity contribution in [2.75, 3.05) is 19.8 Å². The minimum atomic E-state index is -0.168. The Kier molecular flexibility index (Phi) is 7.35. The van der Waals surface area contributed by atoms with Crippen molar-refractivity contribution in [2.24, 2.45) is 0 Å². The number of ether oxygens (including phenoxy) is 2. The van der Waals surface area contributed by atoms with E-state index in [1.54, 1.807) is 11.3 Å². The Morgan fingerprint density at radius 2 is 2.00 bits per heavy atom. The zero-order valence-corrected chi connectivity index (χ0v) is 11.6. The molecule has 0 aliphatic rings. The highest BCUT2D eigenvalue weighted by Gasteiger charge is 2.14. The van der Waals surface area contributed by atoms with E-state index in [0.29, 0.717) is 25.8 Å². The molecule has 1 aromatic heterocycles. The molecule has 1 N–H and O–H groups in total. The maximum absolute atomic E-state index is 5.49. The summed E-state index contributed by atoms with van der Waals surface area (Å²) in [6.45, 7) is 8.13. The van der Waals surface area contributed by atoms with E-state index < -0.39 is 0 Å². The summed E-state index contributed by atoms with van der Waals surface area (Å²) in [5.74, 6) is 0. The van der Waals surface area contributed by atoms with Crippen molar-refractivity contribution >= 4 is 11.3 Å². The molecule has 5 heteroatoms. The van der Waals surface area contributed by atoms with E-state index in [1.807, 2.05) is 25.4 Å². The van der Waals surface area contributed by atoms with Gasteiger partial charge in [0.15, 0.2) is 6.29 Å². The molecule has 1 unspecified atom stereocenters. The van der Waals surface area contributed by atoms with Gasteiger partial charge >= 0.3 is 0 Å². The molecule has 0 amide bonds. The first-order valence-corrected chi connectivity index (χ1v) is 7.05. The molecular weight excluding hydrogens is 236 g/mol. The van der Waals surface area contributed by atoms with Gasteiger partial charge in [0.2, 0.25) is 0 Å². The lowest BCUT2D eigenvalue weighted by molar-refractivity contribution is -0.133. The van der Waals surface area contributed by atoms with Gasteiger partial charge in [0.05, 0.1) is 6.04 Å². The third-order valence-corrected chi connectivity index (χ3v) is 3.28. The van der Waals surface area contributed by atoms with Gasteiger partial charge in [-0.3, -0.25) is 0 Å². The summed E-state index contributed by atoms with van der Waals surface area (Å²) in [4.78, 5) is 4.33. The van der Waals surface area contributed by atoms with Crippen molar-refractivity contribution in [3.8, 4) is 0 Å². The molecule has 1 atom stereocenters. The van der Waals surface area contributed by atoms with Gasteiger partial charge in [0.25, 0.3) is 0 Å². The number of nitrogens with one attached hydrogen (secondary N) is 1. The standard InChI is InChI=1S/C12H22N2O2S/c1-4-10(12-13-7-8-17-12)14-9-11(15-5-2)16-6-3/h7-8,10-11,14H,4-6,9H2,1-3H3. The number of rotatable bonds is 9. The van der Waals surface area contributed by atoms with Crippen LogP contribution in [0.25, 0.3) is 0 Å². The number of hydrogen-bond acceptors (Lipinski definition) is 5. The van der Waals surface area contributed by atoms with Gasteiger partial charge in [-0.05, 0) is 20.3 Å². The summed E-state index contributed by atoms with van der Waals surface area (Å²) < 4.78 is 11.0. The van der Waals surface area contributed by atoms with Crippen molar-refractivity contribution in [3.05, 3.63) is 16.6 Å². The molecule has 0 radical (unpaired) electrons. The summed E-state index contributed by atoms with van der Waals surface area (Å²) >= 11 is 1.68. The van der Waals surface area contributed by atoms with Crippen LogP contribution in [0, 0.1) is 0 Å². The van der Waals surface area contributed by atoms with Gasteiger partial charge in [0, 0.05) is 31.3 Å². The highest BCUT2D eigenvalue weighted by Crippen LogP contribution is 2.18. The Hall–Kier alpha value is -0.490. The average Bonchev–Trinajstić information content (AvgIpc) is 2.84. The van der Waals surface area contributed by atoms with E-state index in [2.05, 4.69) is 17.2 Å². The molecular formula is C12H22N2O2S. The predicted molar refractivity (Wildman–Crippen MR) is 70.2 cm³/mol. The Morgan fingerprint density at radius 1 is 1.29 bits per heavy atom. The lowest BCUT2D eigenvalue weighted by Crippen LogP contribution is -2.33. The predicted octanol–water partition coefficient (Wildman–Crippen LogP) is 2.58. The van der Waals surface area contributed by atoms with Crippen LogP contribution in [0.5, 0.6) is 0 Å². The zero-order chi connectivity index (χ0) is 12.5. The minimum absolute atomic E-state index is 0.168. The molecule has 0 aliphatic carbocycles. The summed E-state index contributed by atoms with van der Waals surface area (Å²) in [7, 11) is 0. The largest absolute Gasteiger partial charge is 0.352 e. The van der Waals surface area contributed by atoms with Crippen molar-refractivity contribution in [1.29, 1.82) is 0 Å². The van der Waals surface area contributed by atoms with Crippen LogP contribution in [0.3, 0.4) is 0 Å². The average molecular weight is 258 g/mol. The summed E-state index contributed by atoms with van der Waals surface area (Å²) in [5, 5.41) is 6.57. The number of hydrogen-bond donors (Lipinski definition) is 1. The first kappa shape index (κ1) is 14.6. The molecule has 0 aromatic carbocycles. The molecule has 0 saturated carbocycles. The Labute approximate surface area is 107 Å². The fourth-order valence-electron chi connectivity index (χ4n) is 1.59. The molecule has 1 rings (SSSR count). The second-order valence-electron chi connectivity index (χ2n) is 3.58. The molecule has 0 bridgehead atoms. The van der Waals surface area contributed by atoms with Crippen molar-refractivity contribution in [3.63, 3.8) is 0 Å². The topological polar surface area (TPSA) is 43.4 Å².